The fraction of sp³-hybridized carbons (Fsp3) is 0.364. The van der Waals surface area contributed by atoms with Crippen LogP contribution in [0.3, 0.4) is 0 Å². The minimum atomic E-state index is -0.0446. The van der Waals surface area contributed by atoms with Gasteiger partial charge < -0.3 is 9.64 Å². The van der Waals surface area contributed by atoms with E-state index in [0.29, 0.717) is 6.54 Å². The minimum Gasteiger partial charge on any atom is -0.496 e. The SMILES string of the molecule is COc1ccc(Br)cc1CCc1c(Cl)cccc1C1=NCCN1CC(C)C#N. The van der Waals surface area contributed by atoms with Gasteiger partial charge in [-0.05, 0) is 55.2 Å². The molecule has 1 atom stereocenters. The maximum Gasteiger partial charge on any atom is 0.131 e. The van der Waals surface area contributed by atoms with E-state index < -0.39 is 0 Å². The molecule has 0 saturated heterocycles. The highest BCUT2D eigenvalue weighted by molar-refractivity contribution is 9.10. The molecule has 146 valence electrons. The van der Waals surface area contributed by atoms with Gasteiger partial charge in [0.2, 0.25) is 0 Å². The van der Waals surface area contributed by atoms with E-state index in [2.05, 4.69) is 39.0 Å². The molecule has 1 unspecified atom stereocenters. The fourth-order valence-electron chi connectivity index (χ4n) is 3.51. The summed E-state index contributed by atoms with van der Waals surface area (Å²) in [5.41, 5.74) is 3.27. The molecular weight excluding hydrogens is 438 g/mol. The number of rotatable bonds is 7. The second kappa shape index (κ2) is 9.45. The van der Waals surface area contributed by atoms with E-state index in [1.165, 1.54) is 0 Å². The predicted molar refractivity (Wildman–Crippen MR) is 117 cm³/mol. The highest BCUT2D eigenvalue weighted by Gasteiger charge is 2.23. The van der Waals surface area contributed by atoms with Crippen LogP contribution < -0.4 is 4.74 Å². The second-order valence-electron chi connectivity index (χ2n) is 6.90. The Labute approximate surface area is 179 Å². The summed E-state index contributed by atoms with van der Waals surface area (Å²) in [6.45, 7) is 4.21. The molecule has 1 aliphatic rings. The molecule has 1 heterocycles. The first kappa shape index (κ1) is 20.7. The van der Waals surface area contributed by atoms with Gasteiger partial charge in [0, 0.05) is 28.1 Å². The molecule has 2 aromatic carbocycles. The van der Waals surface area contributed by atoms with Crippen LogP contribution in [0.25, 0.3) is 0 Å². The molecule has 0 N–H and O–H groups in total. The van der Waals surface area contributed by atoms with E-state index in [1.54, 1.807) is 7.11 Å². The molecule has 1 aliphatic heterocycles. The summed E-state index contributed by atoms with van der Waals surface area (Å²) in [7, 11) is 1.69. The van der Waals surface area contributed by atoms with Gasteiger partial charge >= 0.3 is 0 Å². The van der Waals surface area contributed by atoms with Gasteiger partial charge in [-0.25, -0.2) is 0 Å². The lowest BCUT2D eigenvalue weighted by Gasteiger charge is -2.23. The van der Waals surface area contributed by atoms with Gasteiger partial charge in [0.15, 0.2) is 0 Å². The average molecular weight is 461 g/mol. The monoisotopic (exact) mass is 459 g/mol. The molecule has 0 aliphatic carbocycles. The van der Waals surface area contributed by atoms with E-state index in [0.717, 1.165) is 63.7 Å². The third-order valence-electron chi connectivity index (χ3n) is 4.89. The molecule has 3 rings (SSSR count). The van der Waals surface area contributed by atoms with Crippen LogP contribution in [0.15, 0.2) is 45.9 Å². The van der Waals surface area contributed by atoms with Crippen LogP contribution in [-0.2, 0) is 12.8 Å². The molecule has 4 nitrogen and oxygen atoms in total. The Kier molecular flexibility index (Phi) is 6.98. The lowest BCUT2D eigenvalue weighted by Crippen LogP contribution is -2.33. The third-order valence-corrected chi connectivity index (χ3v) is 5.74. The number of nitriles is 1. The lowest BCUT2D eigenvalue weighted by molar-refractivity contribution is 0.409. The maximum atomic E-state index is 9.18. The van der Waals surface area contributed by atoms with Crippen LogP contribution in [-0.4, -0.2) is 37.5 Å². The average Bonchev–Trinajstić information content (AvgIpc) is 3.14. The van der Waals surface area contributed by atoms with Gasteiger partial charge in [0.05, 0.1) is 25.6 Å². The summed E-state index contributed by atoms with van der Waals surface area (Å²) >= 11 is 10.1. The van der Waals surface area contributed by atoms with Crippen molar-refractivity contribution in [2.75, 3.05) is 26.7 Å². The zero-order valence-electron chi connectivity index (χ0n) is 16.1. The molecule has 0 radical (unpaired) electrons. The maximum absolute atomic E-state index is 9.18. The molecule has 0 spiro atoms. The van der Waals surface area contributed by atoms with Crippen molar-refractivity contribution < 1.29 is 4.74 Å². The van der Waals surface area contributed by atoms with Gasteiger partial charge in [0.1, 0.15) is 11.6 Å². The number of amidine groups is 1. The number of nitrogens with zero attached hydrogens (tertiary/aromatic N) is 3. The summed E-state index contributed by atoms with van der Waals surface area (Å²) in [6.07, 6.45) is 1.59. The van der Waals surface area contributed by atoms with Crippen molar-refractivity contribution in [3.63, 3.8) is 0 Å². The Morgan fingerprint density at radius 1 is 1.32 bits per heavy atom. The van der Waals surface area contributed by atoms with Crippen LogP contribution in [0, 0.1) is 17.2 Å². The number of aliphatic imine (C=N–C) groups is 1. The summed E-state index contributed by atoms with van der Waals surface area (Å²) in [5.74, 6) is 1.78. The minimum absolute atomic E-state index is 0.0446. The highest BCUT2D eigenvalue weighted by atomic mass is 79.9. The molecular formula is C22H23BrClN3O. The Bertz CT molecular complexity index is 922. The molecule has 2 aromatic rings. The zero-order valence-corrected chi connectivity index (χ0v) is 18.4. The molecule has 0 aromatic heterocycles. The van der Waals surface area contributed by atoms with Gasteiger partial charge in [0.25, 0.3) is 0 Å². The number of hydrogen-bond donors (Lipinski definition) is 0. The topological polar surface area (TPSA) is 48.6 Å². The van der Waals surface area contributed by atoms with Crippen molar-refractivity contribution >= 4 is 33.4 Å². The van der Waals surface area contributed by atoms with E-state index in [4.69, 9.17) is 21.3 Å². The summed E-state index contributed by atoms with van der Waals surface area (Å²) < 4.78 is 6.53. The van der Waals surface area contributed by atoms with E-state index >= 15 is 0 Å². The number of aryl methyl sites for hydroxylation is 1. The normalized spacial score (nSPS) is 14.5. The van der Waals surface area contributed by atoms with Crippen molar-refractivity contribution in [2.24, 2.45) is 10.9 Å². The van der Waals surface area contributed by atoms with Crippen LogP contribution in [0.5, 0.6) is 5.75 Å². The van der Waals surface area contributed by atoms with E-state index in [-0.39, 0.29) is 5.92 Å². The largest absolute Gasteiger partial charge is 0.496 e. The van der Waals surface area contributed by atoms with Crippen molar-refractivity contribution in [1.29, 1.82) is 5.26 Å². The molecule has 6 heteroatoms. The van der Waals surface area contributed by atoms with E-state index in [9.17, 15) is 5.26 Å². The summed E-state index contributed by atoms with van der Waals surface area (Å²) in [6, 6.07) is 14.3. The van der Waals surface area contributed by atoms with Gasteiger partial charge in [-0.2, -0.15) is 5.26 Å². The first-order chi connectivity index (χ1) is 13.5. The number of ether oxygens (including phenoxy) is 1. The Morgan fingerprint density at radius 3 is 2.89 bits per heavy atom. The van der Waals surface area contributed by atoms with Crippen LogP contribution >= 0.6 is 27.5 Å². The van der Waals surface area contributed by atoms with Crippen molar-refractivity contribution in [2.45, 2.75) is 19.8 Å². The van der Waals surface area contributed by atoms with Gasteiger partial charge in [-0.15, -0.1) is 0 Å². The number of benzene rings is 2. The standard InChI is InChI=1S/C22H23BrClN3O/c1-15(13-25)14-27-11-10-26-22(27)19-4-3-5-20(24)18(19)8-6-16-12-17(23)7-9-21(16)28-2/h3-5,7,9,12,15H,6,8,10-11,14H2,1-2H3. The number of halogens is 2. The fourth-order valence-corrected chi connectivity index (χ4v) is 4.19. The number of methoxy groups -OCH3 is 1. The first-order valence-electron chi connectivity index (χ1n) is 9.32. The summed E-state index contributed by atoms with van der Waals surface area (Å²) in [4.78, 5) is 6.92. The summed E-state index contributed by atoms with van der Waals surface area (Å²) in [5, 5.41) is 9.92. The first-order valence-corrected chi connectivity index (χ1v) is 10.5. The van der Waals surface area contributed by atoms with Crippen LogP contribution in [0.1, 0.15) is 23.6 Å². The Hall–Kier alpha value is -2.03. The molecule has 28 heavy (non-hydrogen) atoms. The van der Waals surface area contributed by atoms with Crippen LogP contribution in [0.4, 0.5) is 0 Å². The molecule has 0 saturated carbocycles. The van der Waals surface area contributed by atoms with Crippen molar-refractivity contribution in [3.8, 4) is 11.8 Å². The predicted octanol–water partition coefficient (Wildman–Crippen LogP) is 5.12. The van der Waals surface area contributed by atoms with Gasteiger partial charge in [-0.1, -0.05) is 39.7 Å². The Balaban J connectivity index is 1.87. The molecule has 0 fully saturated rings. The number of hydrogen-bond acceptors (Lipinski definition) is 4. The quantitative estimate of drug-likeness (QED) is 0.576. The second-order valence-corrected chi connectivity index (χ2v) is 8.23. The van der Waals surface area contributed by atoms with Gasteiger partial charge in [-0.3, -0.25) is 4.99 Å². The highest BCUT2D eigenvalue weighted by Crippen LogP contribution is 2.28. The van der Waals surface area contributed by atoms with Crippen LogP contribution in [0.2, 0.25) is 5.02 Å². The zero-order chi connectivity index (χ0) is 20.1. The van der Waals surface area contributed by atoms with Crippen molar-refractivity contribution in [1.82, 2.24) is 4.90 Å². The smallest absolute Gasteiger partial charge is 0.131 e. The third kappa shape index (κ3) is 4.68. The van der Waals surface area contributed by atoms with Crippen molar-refractivity contribution in [3.05, 3.63) is 62.6 Å². The lowest BCUT2D eigenvalue weighted by atomic mass is 9.98. The van der Waals surface area contributed by atoms with E-state index in [1.807, 2.05) is 31.2 Å². The molecule has 0 bridgehead atoms. The Morgan fingerprint density at radius 2 is 2.14 bits per heavy atom. The molecule has 0 amide bonds.